The molecule has 12 nitrogen and oxygen atoms in total. The highest BCUT2D eigenvalue weighted by Crippen LogP contribution is 2.50. The number of anilines is 1. The number of carbonyl (C=O) groups is 5. The van der Waals surface area contributed by atoms with E-state index in [1.165, 1.54) is 19.2 Å². The molecule has 1 aliphatic carbocycles. The zero-order chi connectivity index (χ0) is 25.6. The van der Waals surface area contributed by atoms with Crippen molar-refractivity contribution in [1.82, 2.24) is 0 Å². The molecule has 0 saturated carbocycles. The lowest BCUT2D eigenvalue weighted by Crippen LogP contribution is -2.47. The van der Waals surface area contributed by atoms with Crippen LogP contribution in [-0.2, 0) is 47.7 Å². The summed E-state index contributed by atoms with van der Waals surface area (Å²) in [5, 5.41) is 2.76. The Hall–Kier alpha value is -4.35. The first kappa shape index (κ1) is 25.9. The van der Waals surface area contributed by atoms with Gasteiger partial charge in [-0.3, -0.25) is 9.59 Å². The fourth-order valence-electron chi connectivity index (χ4n) is 3.49. The third-order valence-electron chi connectivity index (χ3n) is 5.01. The maximum atomic E-state index is 13.2. The zero-order valence-corrected chi connectivity index (χ0v) is 19.3. The second-order valence-electron chi connectivity index (χ2n) is 6.56. The fraction of sp³-hybridized carbons (Fsp3) is 0.318. The van der Waals surface area contributed by atoms with Crippen molar-refractivity contribution in [3.8, 4) is 5.75 Å². The summed E-state index contributed by atoms with van der Waals surface area (Å²) in [5.74, 6) is -5.86. The molecular weight excluding hydrogens is 454 g/mol. The molecule has 0 saturated heterocycles. The van der Waals surface area contributed by atoms with Crippen LogP contribution in [-0.4, -0.2) is 72.5 Å². The van der Waals surface area contributed by atoms with Gasteiger partial charge >= 0.3 is 29.8 Å². The van der Waals surface area contributed by atoms with Crippen LogP contribution in [0.15, 0.2) is 46.7 Å². The molecule has 12 heteroatoms. The van der Waals surface area contributed by atoms with Gasteiger partial charge < -0.3 is 33.7 Å². The molecule has 0 atom stereocenters. The van der Waals surface area contributed by atoms with E-state index in [4.69, 9.17) is 28.4 Å². The molecule has 0 aromatic heterocycles. The van der Waals surface area contributed by atoms with Crippen LogP contribution in [0.3, 0.4) is 0 Å². The van der Waals surface area contributed by atoms with Gasteiger partial charge in [0.2, 0.25) is 5.41 Å². The molecule has 34 heavy (non-hydrogen) atoms. The van der Waals surface area contributed by atoms with Gasteiger partial charge in [-0.15, -0.1) is 0 Å². The van der Waals surface area contributed by atoms with Crippen molar-refractivity contribution < 1.29 is 52.4 Å². The van der Waals surface area contributed by atoms with E-state index in [0.717, 1.165) is 35.5 Å². The van der Waals surface area contributed by atoms with Gasteiger partial charge in [0.25, 0.3) is 0 Å². The number of hydrogen-bond donors (Lipinski definition) is 1. The Morgan fingerprint density at radius 1 is 0.647 bits per heavy atom. The van der Waals surface area contributed by atoms with Crippen LogP contribution in [0.2, 0.25) is 0 Å². The molecule has 0 aliphatic heterocycles. The Labute approximate surface area is 194 Å². The summed E-state index contributed by atoms with van der Waals surface area (Å²) in [6, 6.07) is 6.08. The molecule has 0 unspecified atom stereocenters. The first-order valence-corrected chi connectivity index (χ1v) is 9.52. The second-order valence-corrected chi connectivity index (χ2v) is 6.56. The molecule has 1 aromatic carbocycles. The van der Waals surface area contributed by atoms with E-state index in [2.05, 4.69) is 5.32 Å². The van der Waals surface area contributed by atoms with E-state index < -0.39 is 57.7 Å². The standard InChI is InChI=1S/C22H23NO11/c1-29-12-9-7-11(8-10-12)23-16-14(18(25)31-3)13(17(24)30-2)15(19(26)32-4)22(16,20(27)33-5)21(28)34-6/h7-10,23H,1-6H3. The molecule has 0 spiro atoms. The van der Waals surface area contributed by atoms with E-state index in [1.807, 2.05) is 0 Å². The predicted octanol–water partition coefficient (Wildman–Crippen LogP) is 0.523. The van der Waals surface area contributed by atoms with Crippen molar-refractivity contribution in [2.45, 2.75) is 0 Å². The van der Waals surface area contributed by atoms with Gasteiger partial charge in [0.15, 0.2) is 0 Å². The lowest BCUT2D eigenvalue weighted by atomic mass is 9.78. The van der Waals surface area contributed by atoms with Gasteiger partial charge in [0, 0.05) is 5.69 Å². The van der Waals surface area contributed by atoms with Crippen molar-refractivity contribution in [2.75, 3.05) is 48.0 Å². The normalized spacial score (nSPS) is 14.2. The summed E-state index contributed by atoms with van der Waals surface area (Å²) in [4.78, 5) is 65.0. The summed E-state index contributed by atoms with van der Waals surface area (Å²) < 4.78 is 29.0. The Kier molecular flexibility index (Phi) is 8.01. The molecule has 0 heterocycles. The minimum atomic E-state index is -2.76. The van der Waals surface area contributed by atoms with Gasteiger partial charge in [0.1, 0.15) is 5.75 Å². The highest BCUT2D eigenvalue weighted by Gasteiger charge is 2.65. The number of carbonyl (C=O) groups excluding carboxylic acids is 5. The summed E-state index contributed by atoms with van der Waals surface area (Å²) in [6.45, 7) is 0. The van der Waals surface area contributed by atoms with Crippen LogP contribution in [0, 0.1) is 5.41 Å². The number of ether oxygens (including phenoxy) is 6. The van der Waals surface area contributed by atoms with Gasteiger partial charge in [-0.1, -0.05) is 0 Å². The lowest BCUT2D eigenvalue weighted by Gasteiger charge is -2.29. The van der Waals surface area contributed by atoms with Crippen LogP contribution >= 0.6 is 0 Å². The highest BCUT2D eigenvalue weighted by molar-refractivity contribution is 6.25. The molecule has 0 fully saturated rings. The Morgan fingerprint density at radius 3 is 1.53 bits per heavy atom. The Morgan fingerprint density at radius 2 is 1.12 bits per heavy atom. The molecule has 0 amide bonds. The topological polar surface area (TPSA) is 153 Å². The molecule has 1 aliphatic rings. The summed E-state index contributed by atoms with van der Waals surface area (Å²) in [7, 11) is 6.28. The number of benzene rings is 1. The average Bonchev–Trinajstić information content (AvgIpc) is 3.17. The molecule has 0 radical (unpaired) electrons. The lowest BCUT2D eigenvalue weighted by molar-refractivity contribution is -0.165. The zero-order valence-electron chi connectivity index (χ0n) is 19.3. The summed E-state index contributed by atoms with van der Waals surface area (Å²) in [5.41, 5.74) is -5.23. The number of esters is 5. The van der Waals surface area contributed by atoms with E-state index in [-0.39, 0.29) is 5.69 Å². The van der Waals surface area contributed by atoms with Gasteiger partial charge in [-0.25, -0.2) is 14.4 Å². The smallest absolute Gasteiger partial charge is 0.340 e. The minimum absolute atomic E-state index is 0.240. The van der Waals surface area contributed by atoms with Crippen LogP contribution in [0.4, 0.5) is 5.69 Å². The third kappa shape index (κ3) is 4.05. The van der Waals surface area contributed by atoms with Gasteiger partial charge in [-0.05, 0) is 24.3 Å². The quantitative estimate of drug-likeness (QED) is 0.315. The van der Waals surface area contributed by atoms with Crippen molar-refractivity contribution in [3.63, 3.8) is 0 Å². The number of nitrogens with one attached hydrogen (secondary N) is 1. The highest BCUT2D eigenvalue weighted by atomic mass is 16.6. The molecule has 2 rings (SSSR count). The minimum Gasteiger partial charge on any atom is -0.497 e. The molecule has 0 bridgehead atoms. The maximum absolute atomic E-state index is 13.2. The fourth-order valence-corrected chi connectivity index (χ4v) is 3.49. The molecule has 182 valence electrons. The maximum Gasteiger partial charge on any atom is 0.340 e. The molecule has 1 N–H and O–H groups in total. The molecular formula is C22H23NO11. The second kappa shape index (κ2) is 10.5. The first-order valence-electron chi connectivity index (χ1n) is 9.52. The Balaban J connectivity index is 3.06. The first-order chi connectivity index (χ1) is 16.2. The van der Waals surface area contributed by atoms with Crippen LogP contribution in [0.1, 0.15) is 0 Å². The van der Waals surface area contributed by atoms with Crippen molar-refractivity contribution in [1.29, 1.82) is 0 Å². The van der Waals surface area contributed by atoms with E-state index >= 15 is 0 Å². The van der Waals surface area contributed by atoms with Gasteiger partial charge in [0.05, 0.1) is 65.1 Å². The SMILES string of the molecule is COC(=O)C1=C(Nc2ccc(OC)cc2)C(C(=O)OC)(C(=O)OC)C(C(=O)OC)=C1C(=O)OC. The average molecular weight is 477 g/mol. The van der Waals surface area contributed by atoms with Gasteiger partial charge in [-0.2, -0.15) is 0 Å². The van der Waals surface area contributed by atoms with Crippen LogP contribution in [0.25, 0.3) is 0 Å². The van der Waals surface area contributed by atoms with Crippen LogP contribution < -0.4 is 10.1 Å². The number of hydrogen-bond acceptors (Lipinski definition) is 12. The van der Waals surface area contributed by atoms with E-state index in [0.29, 0.717) is 5.75 Å². The number of rotatable bonds is 8. The van der Waals surface area contributed by atoms with E-state index in [1.54, 1.807) is 12.1 Å². The third-order valence-corrected chi connectivity index (χ3v) is 5.01. The number of methoxy groups -OCH3 is 6. The summed E-state index contributed by atoms with van der Waals surface area (Å²) >= 11 is 0. The van der Waals surface area contributed by atoms with Crippen molar-refractivity contribution in [2.24, 2.45) is 5.41 Å². The van der Waals surface area contributed by atoms with Crippen molar-refractivity contribution >= 4 is 35.5 Å². The largest absolute Gasteiger partial charge is 0.497 e. The monoisotopic (exact) mass is 477 g/mol. The Bertz CT molecular complexity index is 1070. The summed E-state index contributed by atoms with van der Waals surface area (Å²) in [6.07, 6.45) is 0. The van der Waals surface area contributed by atoms with Crippen LogP contribution in [0.5, 0.6) is 5.75 Å². The molecule has 1 aromatic rings. The predicted molar refractivity (Wildman–Crippen MR) is 113 cm³/mol. The van der Waals surface area contributed by atoms with Crippen molar-refractivity contribution in [3.05, 3.63) is 46.7 Å². The van der Waals surface area contributed by atoms with E-state index in [9.17, 15) is 24.0 Å².